The van der Waals surface area contributed by atoms with Crippen LogP contribution in [0, 0.1) is 0 Å². The molecule has 0 atom stereocenters. The van der Waals surface area contributed by atoms with Crippen LogP contribution in [0.1, 0.15) is 12.5 Å². The summed E-state index contributed by atoms with van der Waals surface area (Å²) in [5.41, 5.74) is 0.557. The van der Waals surface area contributed by atoms with Crippen molar-refractivity contribution in [3.05, 3.63) is 48.3 Å². The number of sulfone groups is 1. The second-order valence-corrected chi connectivity index (χ2v) is 7.50. The summed E-state index contributed by atoms with van der Waals surface area (Å²) in [4.78, 5) is 6.86. The van der Waals surface area contributed by atoms with Crippen molar-refractivity contribution < 1.29 is 21.6 Å². The highest BCUT2D eigenvalue weighted by Crippen LogP contribution is 2.34. The molecular formula is C16H13F3N2O2S. The molecule has 0 aliphatic heterocycles. The zero-order valence-electron chi connectivity index (χ0n) is 12.6. The van der Waals surface area contributed by atoms with Crippen molar-refractivity contribution in [2.75, 3.05) is 5.75 Å². The molecule has 24 heavy (non-hydrogen) atoms. The topological polar surface area (TPSA) is 62.8 Å². The maximum absolute atomic E-state index is 12.8. The Morgan fingerprint density at radius 2 is 1.92 bits per heavy atom. The Balaban J connectivity index is 2.18. The van der Waals surface area contributed by atoms with E-state index in [9.17, 15) is 21.6 Å². The van der Waals surface area contributed by atoms with Crippen LogP contribution in [-0.4, -0.2) is 24.1 Å². The van der Waals surface area contributed by atoms with Crippen LogP contribution in [0.25, 0.3) is 22.2 Å². The van der Waals surface area contributed by atoms with Gasteiger partial charge in [0.05, 0.1) is 16.2 Å². The number of hydrogen-bond donors (Lipinski definition) is 1. The van der Waals surface area contributed by atoms with Crippen molar-refractivity contribution in [3.63, 3.8) is 0 Å². The van der Waals surface area contributed by atoms with Gasteiger partial charge in [-0.15, -0.1) is 0 Å². The molecule has 0 spiro atoms. The lowest BCUT2D eigenvalue weighted by Gasteiger charge is -2.06. The van der Waals surface area contributed by atoms with E-state index in [1.165, 1.54) is 37.5 Å². The van der Waals surface area contributed by atoms with E-state index in [-0.39, 0.29) is 10.6 Å². The third-order valence-electron chi connectivity index (χ3n) is 3.74. The third-order valence-corrected chi connectivity index (χ3v) is 5.49. The molecule has 1 aromatic carbocycles. The molecule has 0 unspecified atom stereocenters. The smallest absolute Gasteiger partial charge is 0.354 e. The van der Waals surface area contributed by atoms with Crippen LogP contribution >= 0.6 is 0 Å². The van der Waals surface area contributed by atoms with Gasteiger partial charge in [-0.2, -0.15) is 13.2 Å². The third kappa shape index (κ3) is 2.89. The van der Waals surface area contributed by atoms with E-state index < -0.39 is 21.6 Å². The van der Waals surface area contributed by atoms with Gasteiger partial charge in [0.15, 0.2) is 9.84 Å². The first-order chi connectivity index (χ1) is 11.2. The van der Waals surface area contributed by atoms with Crippen LogP contribution in [0.2, 0.25) is 0 Å². The minimum absolute atomic E-state index is 0.0510. The Hall–Kier alpha value is -2.35. The van der Waals surface area contributed by atoms with Gasteiger partial charge in [-0.3, -0.25) is 4.98 Å². The van der Waals surface area contributed by atoms with Crippen LogP contribution < -0.4 is 0 Å². The van der Waals surface area contributed by atoms with E-state index >= 15 is 0 Å². The molecule has 0 aliphatic carbocycles. The normalized spacial score (nSPS) is 12.7. The predicted molar refractivity (Wildman–Crippen MR) is 84.3 cm³/mol. The van der Waals surface area contributed by atoms with Gasteiger partial charge >= 0.3 is 6.18 Å². The summed E-state index contributed by atoms with van der Waals surface area (Å²) in [6.45, 7) is 1.52. The van der Waals surface area contributed by atoms with Crippen molar-refractivity contribution in [2.24, 2.45) is 0 Å². The number of benzene rings is 1. The molecule has 0 bridgehead atoms. The average molecular weight is 354 g/mol. The molecule has 0 fully saturated rings. The van der Waals surface area contributed by atoms with Gasteiger partial charge in [0, 0.05) is 34.6 Å². The molecule has 0 aliphatic rings. The molecule has 8 heteroatoms. The fraction of sp³-hybridized carbons (Fsp3) is 0.188. The Labute approximate surface area is 136 Å². The van der Waals surface area contributed by atoms with Gasteiger partial charge in [0.1, 0.15) is 0 Å². The van der Waals surface area contributed by atoms with Crippen LogP contribution in [0.3, 0.4) is 0 Å². The Morgan fingerprint density at radius 1 is 1.17 bits per heavy atom. The molecule has 3 aromatic rings. The Morgan fingerprint density at radius 3 is 2.58 bits per heavy atom. The Kier molecular flexibility index (Phi) is 3.87. The number of pyridine rings is 1. The Bertz CT molecular complexity index is 1010. The largest absolute Gasteiger partial charge is 0.416 e. The molecule has 0 radical (unpaired) electrons. The number of hydrogen-bond acceptors (Lipinski definition) is 3. The molecule has 0 saturated heterocycles. The number of nitrogens with zero attached hydrogens (tertiary/aromatic N) is 1. The van der Waals surface area contributed by atoms with E-state index in [0.29, 0.717) is 22.2 Å². The van der Waals surface area contributed by atoms with Crippen LogP contribution in [0.15, 0.2) is 47.6 Å². The number of aromatic nitrogens is 2. The zero-order chi connectivity index (χ0) is 17.5. The van der Waals surface area contributed by atoms with Crippen molar-refractivity contribution in [1.82, 2.24) is 9.97 Å². The lowest BCUT2D eigenvalue weighted by molar-refractivity contribution is -0.137. The van der Waals surface area contributed by atoms with Crippen molar-refractivity contribution in [1.29, 1.82) is 0 Å². The minimum atomic E-state index is -4.43. The van der Waals surface area contributed by atoms with Gasteiger partial charge in [-0.05, 0) is 30.3 Å². The van der Waals surface area contributed by atoms with E-state index in [1.54, 1.807) is 0 Å². The number of aromatic amines is 1. The lowest BCUT2D eigenvalue weighted by atomic mass is 10.1. The minimum Gasteiger partial charge on any atom is -0.354 e. The highest BCUT2D eigenvalue weighted by Gasteiger charge is 2.30. The highest BCUT2D eigenvalue weighted by atomic mass is 32.2. The number of alkyl halides is 3. The number of halogens is 3. The SMILES string of the molecule is CCS(=O)(=O)c1cnccc1-c1cc2cc(C(F)(F)F)ccc2[nH]1. The molecule has 0 saturated carbocycles. The summed E-state index contributed by atoms with van der Waals surface area (Å²) in [6.07, 6.45) is -1.74. The number of fused-ring (bicyclic) bond motifs is 1. The van der Waals surface area contributed by atoms with Crippen LogP contribution in [0.4, 0.5) is 13.2 Å². The summed E-state index contributed by atoms with van der Waals surface area (Å²) < 4.78 is 62.8. The molecule has 1 N–H and O–H groups in total. The second kappa shape index (κ2) is 5.62. The van der Waals surface area contributed by atoms with E-state index in [1.807, 2.05) is 0 Å². The lowest BCUT2D eigenvalue weighted by Crippen LogP contribution is -2.06. The fourth-order valence-electron chi connectivity index (χ4n) is 2.46. The monoisotopic (exact) mass is 354 g/mol. The predicted octanol–water partition coefficient (Wildman–Crippen LogP) is 4.04. The highest BCUT2D eigenvalue weighted by molar-refractivity contribution is 7.91. The molecule has 126 valence electrons. The summed E-state index contributed by atoms with van der Waals surface area (Å²) in [6, 6.07) is 6.38. The number of H-pyrrole nitrogens is 1. The van der Waals surface area contributed by atoms with Gasteiger partial charge in [-0.1, -0.05) is 6.92 Å². The van der Waals surface area contributed by atoms with Crippen LogP contribution in [-0.2, 0) is 16.0 Å². The van der Waals surface area contributed by atoms with Crippen molar-refractivity contribution in [2.45, 2.75) is 18.0 Å². The molecule has 3 rings (SSSR count). The fourth-order valence-corrected chi connectivity index (χ4v) is 3.51. The first kappa shape index (κ1) is 16.5. The molecule has 2 heterocycles. The van der Waals surface area contributed by atoms with Gasteiger partial charge in [0.2, 0.25) is 0 Å². The van der Waals surface area contributed by atoms with Gasteiger partial charge in [0.25, 0.3) is 0 Å². The van der Waals surface area contributed by atoms with Gasteiger partial charge < -0.3 is 4.98 Å². The number of rotatable bonds is 3. The van der Waals surface area contributed by atoms with E-state index in [2.05, 4.69) is 9.97 Å². The summed E-state index contributed by atoms with van der Waals surface area (Å²) in [5.74, 6) is -0.0931. The second-order valence-electron chi connectivity index (χ2n) is 5.26. The number of nitrogens with one attached hydrogen (secondary N) is 1. The molecule has 2 aromatic heterocycles. The molecule has 0 amide bonds. The van der Waals surface area contributed by atoms with Crippen molar-refractivity contribution >= 4 is 20.7 Å². The summed E-state index contributed by atoms with van der Waals surface area (Å²) >= 11 is 0. The first-order valence-corrected chi connectivity index (χ1v) is 8.74. The maximum Gasteiger partial charge on any atom is 0.416 e. The van der Waals surface area contributed by atoms with E-state index in [0.717, 1.165) is 12.1 Å². The van der Waals surface area contributed by atoms with E-state index in [4.69, 9.17) is 0 Å². The zero-order valence-corrected chi connectivity index (χ0v) is 13.4. The molecular weight excluding hydrogens is 341 g/mol. The standard InChI is InChI=1S/C16H13F3N2O2S/c1-2-24(22,23)15-9-20-6-5-12(15)14-8-10-7-11(16(17,18)19)3-4-13(10)21-14/h3-9,21H,2H2,1H3. The van der Waals surface area contributed by atoms with Crippen molar-refractivity contribution in [3.8, 4) is 11.3 Å². The summed E-state index contributed by atoms with van der Waals surface area (Å²) in [7, 11) is -3.51. The quantitative estimate of drug-likeness (QED) is 0.772. The molecule has 4 nitrogen and oxygen atoms in total. The maximum atomic E-state index is 12.8. The average Bonchev–Trinajstić information content (AvgIpc) is 2.97. The van der Waals surface area contributed by atoms with Crippen LogP contribution in [0.5, 0.6) is 0 Å². The first-order valence-electron chi connectivity index (χ1n) is 7.09. The van der Waals surface area contributed by atoms with Gasteiger partial charge in [-0.25, -0.2) is 8.42 Å². The summed E-state index contributed by atoms with van der Waals surface area (Å²) in [5, 5.41) is 0.358.